The highest BCUT2D eigenvalue weighted by Crippen LogP contribution is 2.44. The van der Waals surface area contributed by atoms with Gasteiger partial charge in [0.1, 0.15) is 0 Å². The number of amidine groups is 1. The lowest BCUT2D eigenvalue weighted by Gasteiger charge is -2.36. The van der Waals surface area contributed by atoms with Crippen molar-refractivity contribution < 1.29 is 14.3 Å². The Morgan fingerprint density at radius 2 is 1.82 bits per heavy atom. The van der Waals surface area contributed by atoms with Crippen molar-refractivity contribution in [3.63, 3.8) is 0 Å². The molecule has 0 saturated carbocycles. The maximum absolute atomic E-state index is 12.8. The first-order valence-electron chi connectivity index (χ1n) is 10.9. The Morgan fingerprint density at radius 1 is 1.09 bits per heavy atom. The van der Waals surface area contributed by atoms with E-state index in [1.165, 1.54) is 24.4 Å². The predicted octanol–water partition coefficient (Wildman–Crippen LogP) is 4.49. The van der Waals surface area contributed by atoms with Crippen LogP contribution in [-0.4, -0.2) is 35.6 Å². The van der Waals surface area contributed by atoms with Gasteiger partial charge >= 0.3 is 5.97 Å². The van der Waals surface area contributed by atoms with Gasteiger partial charge in [-0.3, -0.25) is 4.79 Å². The zero-order valence-corrected chi connectivity index (χ0v) is 19.8. The van der Waals surface area contributed by atoms with Gasteiger partial charge in [-0.1, -0.05) is 71.9 Å². The first-order chi connectivity index (χ1) is 16.0. The fourth-order valence-corrected chi connectivity index (χ4v) is 4.99. The van der Waals surface area contributed by atoms with E-state index in [-0.39, 0.29) is 12.3 Å². The molecule has 1 atom stereocenters. The number of hydrogen-bond acceptors (Lipinski definition) is 6. The first kappa shape index (κ1) is 22.9. The number of hydrogen-bond donors (Lipinski definition) is 1. The predicted molar refractivity (Wildman–Crippen MR) is 131 cm³/mol. The Hall–Kier alpha value is -3.32. The molecule has 2 aliphatic heterocycles. The van der Waals surface area contributed by atoms with Crippen LogP contribution in [0, 0.1) is 6.92 Å². The number of nitrogens with zero attached hydrogens (tertiary/aromatic N) is 2. The van der Waals surface area contributed by atoms with E-state index in [2.05, 4.69) is 10.3 Å². The number of allylic oxidation sites excluding steroid dienone is 1. The van der Waals surface area contributed by atoms with E-state index in [1.807, 2.05) is 78.8 Å². The van der Waals surface area contributed by atoms with Gasteiger partial charge in [0.2, 0.25) is 5.91 Å². The highest BCUT2D eigenvalue weighted by Gasteiger charge is 2.40. The average Bonchev–Trinajstić information content (AvgIpc) is 3.20. The van der Waals surface area contributed by atoms with Gasteiger partial charge in [0, 0.05) is 12.2 Å². The molecule has 0 aliphatic carbocycles. The topological polar surface area (TPSA) is 71.0 Å². The maximum Gasteiger partial charge on any atom is 0.338 e. The van der Waals surface area contributed by atoms with Crippen LogP contribution in [-0.2, 0) is 20.7 Å². The molecule has 0 fully saturated rings. The second kappa shape index (κ2) is 10.1. The number of benzene rings is 2. The fraction of sp³-hybridized carbons (Fsp3) is 0.269. The number of amides is 1. The minimum absolute atomic E-state index is 0.0624. The van der Waals surface area contributed by atoms with Crippen molar-refractivity contribution >= 4 is 28.8 Å². The molecule has 0 aromatic heterocycles. The number of aryl methyl sites for hydroxylation is 1. The minimum atomic E-state index is -0.413. The number of carbonyl (C=O) groups excluding carboxylic acids is 2. The molecule has 2 heterocycles. The van der Waals surface area contributed by atoms with Crippen molar-refractivity contribution in [1.82, 2.24) is 10.2 Å². The molecule has 0 bridgehead atoms. The summed E-state index contributed by atoms with van der Waals surface area (Å²) in [6, 6.07) is 17.7. The number of carbonyl (C=O) groups is 2. The summed E-state index contributed by atoms with van der Waals surface area (Å²) in [6.45, 7) is 4.42. The number of fused-ring (bicyclic) bond motifs is 1. The fourth-order valence-electron chi connectivity index (χ4n) is 4.02. The van der Waals surface area contributed by atoms with Crippen molar-refractivity contribution in [2.75, 3.05) is 13.7 Å². The van der Waals surface area contributed by atoms with Gasteiger partial charge in [-0.25, -0.2) is 9.79 Å². The van der Waals surface area contributed by atoms with Crippen LogP contribution in [0.3, 0.4) is 0 Å². The van der Waals surface area contributed by atoms with Gasteiger partial charge in [0.05, 0.1) is 30.8 Å². The van der Waals surface area contributed by atoms with E-state index in [1.54, 1.807) is 0 Å². The molecule has 0 spiro atoms. The summed E-state index contributed by atoms with van der Waals surface area (Å²) in [5, 5.41) is 5.72. The molecule has 4 rings (SSSR count). The molecule has 1 unspecified atom stereocenters. The molecule has 2 aliphatic rings. The third-order valence-electron chi connectivity index (χ3n) is 5.72. The van der Waals surface area contributed by atoms with Crippen molar-refractivity contribution in [3.05, 3.63) is 93.7 Å². The second-order valence-corrected chi connectivity index (χ2v) is 8.89. The van der Waals surface area contributed by atoms with Crippen molar-refractivity contribution in [2.24, 2.45) is 4.99 Å². The van der Waals surface area contributed by atoms with Crippen molar-refractivity contribution in [3.8, 4) is 0 Å². The van der Waals surface area contributed by atoms with E-state index >= 15 is 0 Å². The van der Waals surface area contributed by atoms with Crippen LogP contribution in [0.4, 0.5) is 0 Å². The molecule has 0 saturated heterocycles. The van der Waals surface area contributed by atoms with Crippen LogP contribution in [0.25, 0.3) is 0 Å². The molecule has 2 aromatic rings. The molecular formula is C26H27N3O3S. The Morgan fingerprint density at radius 3 is 2.52 bits per heavy atom. The molecule has 6 nitrogen and oxygen atoms in total. The molecule has 170 valence electrons. The van der Waals surface area contributed by atoms with Crippen molar-refractivity contribution in [2.45, 2.75) is 32.7 Å². The van der Waals surface area contributed by atoms with E-state index in [0.29, 0.717) is 17.8 Å². The quantitative estimate of drug-likeness (QED) is 0.615. The zero-order chi connectivity index (χ0) is 23.4. The summed E-state index contributed by atoms with van der Waals surface area (Å²) in [5.74, 6) is -0.475. The highest BCUT2D eigenvalue weighted by molar-refractivity contribution is 8.16. The van der Waals surface area contributed by atoms with Gasteiger partial charge in [-0.15, -0.1) is 0 Å². The molecule has 1 amide bonds. The molecule has 1 N–H and O–H groups in total. The van der Waals surface area contributed by atoms with Gasteiger partial charge in [0.15, 0.2) is 5.17 Å². The largest absolute Gasteiger partial charge is 0.466 e. The average molecular weight is 462 g/mol. The summed E-state index contributed by atoms with van der Waals surface area (Å²) in [6.07, 6.45) is 0.980. The van der Waals surface area contributed by atoms with Crippen LogP contribution in [0.1, 0.15) is 36.1 Å². The Kier molecular flexibility index (Phi) is 6.99. The van der Waals surface area contributed by atoms with Crippen LogP contribution < -0.4 is 5.32 Å². The molecule has 33 heavy (non-hydrogen) atoms. The Bertz CT molecular complexity index is 1140. The lowest BCUT2D eigenvalue weighted by atomic mass is 9.93. The molecular weight excluding hydrogens is 434 g/mol. The van der Waals surface area contributed by atoms with E-state index in [0.717, 1.165) is 28.4 Å². The van der Waals surface area contributed by atoms with Gasteiger partial charge in [0.25, 0.3) is 0 Å². The number of esters is 1. The number of ether oxygens (including phenoxy) is 1. The normalized spacial score (nSPS) is 17.3. The van der Waals surface area contributed by atoms with E-state index in [4.69, 9.17) is 4.74 Å². The smallest absolute Gasteiger partial charge is 0.338 e. The third-order valence-corrected chi connectivity index (χ3v) is 6.61. The second-order valence-electron chi connectivity index (χ2n) is 8.06. The zero-order valence-electron chi connectivity index (χ0n) is 19.0. The minimum Gasteiger partial charge on any atom is -0.466 e. The summed E-state index contributed by atoms with van der Waals surface area (Å²) < 4.78 is 5.10. The highest BCUT2D eigenvalue weighted by atomic mass is 32.2. The van der Waals surface area contributed by atoms with Crippen LogP contribution >= 0.6 is 11.8 Å². The number of aliphatic imine (C=N–C) groups is 1. The summed E-state index contributed by atoms with van der Waals surface area (Å²) in [5.41, 5.74) is 5.20. The van der Waals surface area contributed by atoms with Crippen molar-refractivity contribution in [1.29, 1.82) is 0 Å². The maximum atomic E-state index is 12.8. The van der Waals surface area contributed by atoms with E-state index in [9.17, 15) is 9.59 Å². The number of thioether (sulfide) groups is 1. The summed E-state index contributed by atoms with van der Waals surface area (Å²) >= 11 is 1.47. The Labute approximate surface area is 198 Å². The van der Waals surface area contributed by atoms with Crippen LogP contribution in [0.5, 0.6) is 0 Å². The molecule has 7 heteroatoms. The first-order valence-corrected chi connectivity index (χ1v) is 11.8. The van der Waals surface area contributed by atoms with E-state index < -0.39 is 12.0 Å². The molecule has 2 aromatic carbocycles. The Balaban J connectivity index is 1.54. The molecule has 0 radical (unpaired) electrons. The van der Waals surface area contributed by atoms with Gasteiger partial charge in [-0.2, -0.15) is 0 Å². The number of nitrogens with one attached hydrogen (secondary N) is 1. The lowest BCUT2D eigenvalue weighted by Crippen LogP contribution is -2.38. The monoisotopic (exact) mass is 461 g/mol. The number of rotatable bonds is 7. The SMILES string of the molecule is COC(=O)C1=C(C)N=C2SC=C(CC(=O)NCCc3ccccc3)N2C1c1ccc(C)cc1. The van der Waals surface area contributed by atoms with Gasteiger partial charge < -0.3 is 15.0 Å². The van der Waals surface area contributed by atoms with Gasteiger partial charge in [-0.05, 0) is 36.8 Å². The lowest BCUT2D eigenvalue weighted by molar-refractivity contribution is -0.136. The summed E-state index contributed by atoms with van der Waals surface area (Å²) in [4.78, 5) is 32.1. The van der Waals surface area contributed by atoms with Crippen LogP contribution in [0.2, 0.25) is 0 Å². The standard InChI is InChI=1S/C26H27N3O3S/c1-17-9-11-20(12-10-17)24-23(25(31)32-3)18(2)28-26-29(24)21(16-33-26)15-22(30)27-14-13-19-7-5-4-6-8-19/h4-12,16,24H,13-15H2,1-3H3,(H,27,30). The van der Waals surface area contributed by atoms with Crippen LogP contribution in [0.15, 0.2) is 82.0 Å². The summed E-state index contributed by atoms with van der Waals surface area (Å²) in [7, 11) is 1.38. The number of methoxy groups -OCH3 is 1. The third kappa shape index (κ3) is 5.03.